The van der Waals surface area contributed by atoms with Gasteiger partial charge in [-0.3, -0.25) is 14.2 Å². The summed E-state index contributed by atoms with van der Waals surface area (Å²) in [5, 5.41) is 8.01. The first-order valence-corrected chi connectivity index (χ1v) is 11.2. The van der Waals surface area contributed by atoms with E-state index in [-0.39, 0.29) is 24.5 Å². The van der Waals surface area contributed by atoms with Crippen LogP contribution in [-0.2, 0) is 13.2 Å². The molecule has 0 radical (unpaired) electrons. The number of carbonyl (C=O) groups is 1. The number of hydrazine groups is 1. The monoisotopic (exact) mass is 462 g/mol. The van der Waals surface area contributed by atoms with Gasteiger partial charge in [0.05, 0.1) is 12.2 Å². The van der Waals surface area contributed by atoms with Gasteiger partial charge in [0.2, 0.25) is 0 Å². The summed E-state index contributed by atoms with van der Waals surface area (Å²) in [6, 6.07) is 13.2. The zero-order valence-corrected chi connectivity index (χ0v) is 18.7. The molecule has 1 amide bonds. The van der Waals surface area contributed by atoms with Crippen molar-refractivity contribution in [2.45, 2.75) is 50.8 Å². The summed E-state index contributed by atoms with van der Waals surface area (Å²) in [4.78, 5) is 32.1. The van der Waals surface area contributed by atoms with E-state index >= 15 is 0 Å². The predicted molar refractivity (Wildman–Crippen MR) is 126 cm³/mol. The average Bonchev–Trinajstić information content (AvgIpc) is 3.50. The smallest absolute Gasteiger partial charge is 0.286 e. The Labute approximate surface area is 196 Å². The van der Waals surface area contributed by atoms with Gasteiger partial charge < -0.3 is 4.74 Å². The number of benzene rings is 1. The number of aromatic nitrogens is 2. The Hall–Kier alpha value is -3.95. The van der Waals surface area contributed by atoms with E-state index in [4.69, 9.17) is 16.1 Å². The molecule has 1 saturated carbocycles. The van der Waals surface area contributed by atoms with Gasteiger partial charge in [0.15, 0.2) is 11.4 Å². The minimum Gasteiger partial charge on any atom is -0.485 e. The highest BCUT2D eigenvalue weighted by Crippen LogP contribution is 2.36. The molecule has 176 valence electrons. The van der Waals surface area contributed by atoms with Gasteiger partial charge in [0.1, 0.15) is 17.8 Å². The molecule has 2 N–H and O–H groups in total. The van der Waals surface area contributed by atoms with E-state index in [2.05, 4.69) is 20.2 Å². The highest BCUT2D eigenvalue weighted by atomic mass is 16.5. The average molecular weight is 463 g/mol. The Morgan fingerprint density at radius 3 is 2.71 bits per heavy atom. The number of pyridine rings is 1. The summed E-state index contributed by atoms with van der Waals surface area (Å²) in [6.45, 7) is 0.375. The lowest BCUT2D eigenvalue weighted by atomic mass is 9.94. The minimum absolute atomic E-state index is 0.120. The second-order valence-corrected chi connectivity index (χ2v) is 8.41. The fourth-order valence-electron chi connectivity index (χ4n) is 4.36. The quantitative estimate of drug-likeness (QED) is 0.0894. The fraction of sp³-hybridized carbons (Fsp3) is 0.391. The van der Waals surface area contributed by atoms with Crippen LogP contribution in [0.4, 0.5) is 0 Å². The summed E-state index contributed by atoms with van der Waals surface area (Å²) in [5.74, 6) is 6.11. The highest BCUT2D eigenvalue weighted by Gasteiger charge is 2.36. The first-order valence-electron chi connectivity index (χ1n) is 11.2. The van der Waals surface area contributed by atoms with E-state index in [1.54, 1.807) is 22.7 Å². The maximum absolute atomic E-state index is 13.3. The second kappa shape index (κ2) is 10.3. The van der Waals surface area contributed by atoms with E-state index in [1.165, 1.54) is 0 Å². The van der Waals surface area contributed by atoms with Crippen molar-refractivity contribution in [2.75, 3.05) is 6.54 Å². The molecule has 0 unspecified atom stereocenters. The largest absolute Gasteiger partial charge is 0.485 e. The molecular weight excluding hydrogens is 436 g/mol. The lowest BCUT2D eigenvalue weighted by molar-refractivity contribution is 0.0734. The molecule has 2 heterocycles. The third kappa shape index (κ3) is 4.85. The summed E-state index contributed by atoms with van der Waals surface area (Å²) in [6.07, 6.45) is 5.38. The van der Waals surface area contributed by atoms with Gasteiger partial charge in [-0.25, -0.2) is 10.8 Å². The number of hydrogen-bond acceptors (Lipinski definition) is 7. The Morgan fingerprint density at radius 2 is 2.00 bits per heavy atom. The lowest BCUT2D eigenvalue weighted by Crippen LogP contribution is -2.41. The third-order valence-electron chi connectivity index (χ3n) is 6.22. The van der Waals surface area contributed by atoms with Crippen molar-refractivity contribution in [1.29, 1.82) is 0 Å². The van der Waals surface area contributed by atoms with Gasteiger partial charge in [0, 0.05) is 17.7 Å². The Morgan fingerprint density at radius 1 is 1.24 bits per heavy atom. The molecule has 1 aliphatic rings. The standard InChI is InChI=1S/C23H26N8O3/c24-29-26-15-18-20(22(32)31(25)14-12-23(28-33)10-4-5-11-23)30-13-6-9-19(21(30)27-18)34-16-17-7-2-1-3-8-17/h1-3,6-9,13H,4-5,10-12,14-16,25H2. The molecule has 11 nitrogen and oxygen atoms in total. The molecule has 0 atom stereocenters. The summed E-state index contributed by atoms with van der Waals surface area (Å²) < 4.78 is 7.56. The fourth-order valence-corrected chi connectivity index (χ4v) is 4.36. The Balaban J connectivity index is 1.61. The molecule has 11 heteroatoms. The number of amides is 1. The maximum Gasteiger partial charge on any atom is 0.286 e. The van der Waals surface area contributed by atoms with Crippen molar-refractivity contribution in [3.63, 3.8) is 0 Å². The molecule has 4 rings (SSSR count). The number of nitroso groups, excluding NO2 is 1. The van der Waals surface area contributed by atoms with Gasteiger partial charge >= 0.3 is 0 Å². The van der Waals surface area contributed by atoms with Crippen LogP contribution < -0.4 is 10.6 Å². The Kier molecular flexibility index (Phi) is 7.05. The second-order valence-electron chi connectivity index (χ2n) is 8.41. The predicted octanol–water partition coefficient (Wildman–Crippen LogP) is 4.51. The van der Waals surface area contributed by atoms with Crippen LogP contribution in [0.25, 0.3) is 16.1 Å². The number of azide groups is 1. The van der Waals surface area contributed by atoms with Crippen molar-refractivity contribution in [3.05, 3.63) is 81.0 Å². The maximum atomic E-state index is 13.3. The molecule has 1 fully saturated rings. The van der Waals surface area contributed by atoms with Gasteiger partial charge in [-0.1, -0.05) is 53.5 Å². The Bertz CT molecular complexity index is 1210. The van der Waals surface area contributed by atoms with Crippen LogP contribution in [0.15, 0.2) is 59.0 Å². The van der Waals surface area contributed by atoms with E-state index in [9.17, 15) is 9.70 Å². The molecular formula is C23H26N8O3. The van der Waals surface area contributed by atoms with Crippen molar-refractivity contribution in [3.8, 4) is 5.75 Å². The topological polar surface area (TPSA) is 151 Å². The van der Waals surface area contributed by atoms with Crippen LogP contribution in [0.3, 0.4) is 0 Å². The van der Waals surface area contributed by atoms with Crippen LogP contribution in [0, 0.1) is 4.91 Å². The van der Waals surface area contributed by atoms with E-state index in [1.807, 2.05) is 30.3 Å². The molecule has 0 aliphatic heterocycles. The number of hydrogen-bond donors (Lipinski definition) is 1. The number of nitrogens with zero attached hydrogens (tertiary/aromatic N) is 7. The zero-order valence-electron chi connectivity index (χ0n) is 18.7. The zero-order chi connectivity index (χ0) is 24.0. The molecule has 2 aromatic heterocycles. The highest BCUT2D eigenvalue weighted by molar-refractivity contribution is 5.94. The first kappa shape index (κ1) is 23.2. The molecule has 1 aliphatic carbocycles. The first-order chi connectivity index (χ1) is 16.6. The lowest BCUT2D eigenvalue weighted by Gasteiger charge is -2.24. The van der Waals surface area contributed by atoms with Crippen LogP contribution in [0.5, 0.6) is 5.75 Å². The van der Waals surface area contributed by atoms with Crippen LogP contribution in [0.1, 0.15) is 53.8 Å². The van der Waals surface area contributed by atoms with Gasteiger partial charge in [-0.15, -0.1) is 0 Å². The van der Waals surface area contributed by atoms with Gasteiger partial charge in [0.25, 0.3) is 5.91 Å². The number of fused-ring (bicyclic) bond motifs is 1. The van der Waals surface area contributed by atoms with Crippen molar-refractivity contribution >= 4 is 11.6 Å². The molecule has 0 spiro atoms. The summed E-state index contributed by atoms with van der Waals surface area (Å²) >= 11 is 0. The minimum atomic E-state index is -0.663. The number of rotatable bonds is 10. The molecule has 0 bridgehead atoms. The van der Waals surface area contributed by atoms with Crippen LogP contribution >= 0.6 is 0 Å². The molecule has 3 aromatic rings. The number of carbonyl (C=O) groups excluding carboxylic acids is 1. The van der Waals surface area contributed by atoms with Gasteiger partial charge in [-0.05, 0) is 42.5 Å². The van der Waals surface area contributed by atoms with Crippen molar-refractivity contribution in [2.24, 2.45) is 16.1 Å². The van der Waals surface area contributed by atoms with Crippen LogP contribution in [-0.4, -0.2) is 32.4 Å². The van der Waals surface area contributed by atoms with Gasteiger partial charge in [-0.2, -0.15) is 4.91 Å². The normalized spacial score (nSPS) is 14.5. The molecule has 1 aromatic carbocycles. The van der Waals surface area contributed by atoms with E-state index in [0.29, 0.717) is 37.3 Å². The SMILES string of the molecule is [N-]=[N+]=NCc1nc2c(OCc3ccccc3)cccn2c1C(=O)N(N)CCC1(N=O)CCCC1. The van der Waals surface area contributed by atoms with Crippen LogP contribution in [0.2, 0.25) is 0 Å². The number of nitrogens with two attached hydrogens (primary N) is 1. The van der Waals surface area contributed by atoms with E-state index in [0.717, 1.165) is 23.4 Å². The van der Waals surface area contributed by atoms with Crippen molar-refractivity contribution in [1.82, 2.24) is 14.4 Å². The number of imidazole rings is 1. The molecule has 34 heavy (non-hydrogen) atoms. The summed E-state index contributed by atoms with van der Waals surface area (Å²) in [7, 11) is 0. The molecule has 0 saturated heterocycles. The number of ether oxygens (including phenoxy) is 1. The third-order valence-corrected chi connectivity index (χ3v) is 6.22. The van der Waals surface area contributed by atoms with E-state index < -0.39 is 11.4 Å². The van der Waals surface area contributed by atoms with Crippen molar-refractivity contribution < 1.29 is 9.53 Å². The summed E-state index contributed by atoms with van der Waals surface area (Å²) in [5.41, 5.74) is 10.0.